The predicted molar refractivity (Wildman–Crippen MR) is 94.2 cm³/mol. The molecule has 122 valence electrons. The molecule has 2 rings (SSSR count). The Balaban J connectivity index is 2.15. The fraction of sp³-hybridized carbons (Fsp3) is 0.353. The van der Waals surface area contributed by atoms with E-state index in [9.17, 15) is 4.79 Å². The third-order valence-electron chi connectivity index (χ3n) is 3.15. The van der Waals surface area contributed by atoms with Crippen LogP contribution >= 0.6 is 0 Å². The van der Waals surface area contributed by atoms with E-state index in [1.165, 1.54) is 0 Å². The Morgan fingerprint density at radius 3 is 2.35 bits per heavy atom. The fourth-order valence-corrected chi connectivity index (χ4v) is 2.05. The normalized spacial score (nSPS) is 10.5. The van der Waals surface area contributed by atoms with Crippen LogP contribution < -0.4 is 15.5 Å². The number of aromatic nitrogens is 2. The number of carbonyl (C=O) groups is 1. The lowest BCUT2D eigenvalue weighted by molar-refractivity contribution is 0.102. The molecule has 0 bridgehead atoms. The van der Waals surface area contributed by atoms with Gasteiger partial charge in [-0.05, 0) is 51.1 Å². The molecule has 0 saturated heterocycles. The number of aryl methyl sites for hydroxylation is 1. The Morgan fingerprint density at radius 1 is 1.13 bits per heavy atom. The van der Waals surface area contributed by atoms with Crippen molar-refractivity contribution < 1.29 is 4.79 Å². The van der Waals surface area contributed by atoms with Gasteiger partial charge in [-0.15, -0.1) is 0 Å². The van der Waals surface area contributed by atoms with Crippen LogP contribution in [-0.2, 0) is 0 Å². The summed E-state index contributed by atoms with van der Waals surface area (Å²) < 4.78 is 0. The summed E-state index contributed by atoms with van der Waals surface area (Å²) in [5.41, 5.74) is 2.90. The number of benzene rings is 1. The van der Waals surface area contributed by atoms with Crippen molar-refractivity contribution in [1.82, 2.24) is 9.97 Å². The third kappa shape index (κ3) is 4.67. The number of rotatable bonds is 5. The van der Waals surface area contributed by atoms with Crippen LogP contribution in [-0.4, -0.2) is 36.0 Å². The average Bonchev–Trinajstić information content (AvgIpc) is 2.46. The minimum atomic E-state index is -0.250. The Bertz CT molecular complexity index is 680. The van der Waals surface area contributed by atoms with Gasteiger partial charge >= 0.3 is 0 Å². The van der Waals surface area contributed by atoms with Crippen molar-refractivity contribution in [3.05, 3.63) is 41.7 Å². The molecule has 6 nitrogen and oxygen atoms in total. The zero-order chi connectivity index (χ0) is 17.0. The molecule has 6 heteroatoms. The molecule has 2 aromatic rings. The van der Waals surface area contributed by atoms with Crippen molar-refractivity contribution >= 4 is 23.2 Å². The van der Waals surface area contributed by atoms with Crippen LogP contribution in [0.15, 0.2) is 30.3 Å². The molecule has 23 heavy (non-hydrogen) atoms. The maximum atomic E-state index is 12.4. The minimum Gasteiger partial charge on any atom is -0.378 e. The first-order valence-corrected chi connectivity index (χ1v) is 7.56. The van der Waals surface area contributed by atoms with E-state index < -0.39 is 0 Å². The second kappa shape index (κ2) is 7.09. The van der Waals surface area contributed by atoms with E-state index in [2.05, 4.69) is 20.6 Å². The van der Waals surface area contributed by atoms with Crippen LogP contribution in [0, 0.1) is 6.92 Å². The summed E-state index contributed by atoms with van der Waals surface area (Å²) in [5, 5.41) is 5.97. The lowest BCUT2D eigenvalue weighted by Crippen LogP contribution is -2.18. The van der Waals surface area contributed by atoms with Gasteiger partial charge in [0.25, 0.3) is 5.91 Å². The molecule has 0 aliphatic carbocycles. The van der Waals surface area contributed by atoms with Crippen LogP contribution in [0.5, 0.6) is 0 Å². The summed E-state index contributed by atoms with van der Waals surface area (Å²) in [6.07, 6.45) is 0. The first-order valence-electron chi connectivity index (χ1n) is 7.56. The highest BCUT2D eigenvalue weighted by Crippen LogP contribution is 2.16. The fourth-order valence-electron chi connectivity index (χ4n) is 2.05. The van der Waals surface area contributed by atoms with Crippen molar-refractivity contribution in [3.8, 4) is 0 Å². The van der Waals surface area contributed by atoms with Crippen LogP contribution in [0.4, 0.5) is 17.3 Å². The number of nitrogens with zero attached hydrogens (tertiary/aromatic N) is 3. The van der Waals surface area contributed by atoms with Crippen LogP contribution in [0.1, 0.15) is 30.0 Å². The molecule has 0 fully saturated rings. The van der Waals surface area contributed by atoms with E-state index in [0.29, 0.717) is 11.6 Å². The largest absolute Gasteiger partial charge is 0.378 e. The van der Waals surface area contributed by atoms with Crippen LogP contribution in [0.3, 0.4) is 0 Å². The number of carbonyl (C=O) groups excluding carboxylic acids is 1. The number of amides is 1. The maximum Gasteiger partial charge on any atom is 0.274 e. The van der Waals surface area contributed by atoms with E-state index in [1.807, 2.05) is 64.0 Å². The Morgan fingerprint density at radius 2 is 1.78 bits per heavy atom. The van der Waals surface area contributed by atoms with Gasteiger partial charge in [0, 0.05) is 37.2 Å². The number of hydrogen-bond donors (Lipinski definition) is 2. The lowest BCUT2D eigenvalue weighted by atomic mass is 10.2. The maximum absolute atomic E-state index is 12.4. The van der Waals surface area contributed by atoms with E-state index >= 15 is 0 Å². The van der Waals surface area contributed by atoms with E-state index in [4.69, 9.17) is 0 Å². The number of nitrogens with one attached hydrogen (secondary N) is 2. The summed E-state index contributed by atoms with van der Waals surface area (Å²) in [6.45, 7) is 5.84. The van der Waals surface area contributed by atoms with Gasteiger partial charge in [0.05, 0.1) is 0 Å². The first-order chi connectivity index (χ1) is 10.8. The second-order valence-electron chi connectivity index (χ2n) is 5.91. The molecule has 0 aliphatic heterocycles. The highest BCUT2D eigenvalue weighted by Gasteiger charge is 2.11. The zero-order valence-electron chi connectivity index (χ0n) is 14.2. The second-order valence-corrected chi connectivity index (χ2v) is 5.91. The van der Waals surface area contributed by atoms with Gasteiger partial charge in [0.1, 0.15) is 5.69 Å². The molecule has 0 aliphatic rings. The molecule has 0 spiro atoms. The molecule has 0 unspecified atom stereocenters. The van der Waals surface area contributed by atoms with Gasteiger partial charge < -0.3 is 15.5 Å². The molecule has 1 aromatic heterocycles. The van der Waals surface area contributed by atoms with E-state index in [1.54, 1.807) is 6.07 Å². The third-order valence-corrected chi connectivity index (χ3v) is 3.15. The predicted octanol–water partition coefficient (Wildman–Crippen LogP) is 2.92. The number of hydrogen-bond acceptors (Lipinski definition) is 5. The molecule has 2 N–H and O–H groups in total. The Kier molecular flexibility index (Phi) is 5.16. The molecule has 0 radical (unpaired) electrons. The van der Waals surface area contributed by atoms with Crippen LogP contribution in [0.2, 0.25) is 0 Å². The van der Waals surface area contributed by atoms with Crippen molar-refractivity contribution in [2.75, 3.05) is 29.6 Å². The first kappa shape index (κ1) is 16.7. The van der Waals surface area contributed by atoms with Crippen molar-refractivity contribution in [2.24, 2.45) is 0 Å². The molecule has 1 aromatic carbocycles. The monoisotopic (exact) mass is 313 g/mol. The summed E-state index contributed by atoms with van der Waals surface area (Å²) in [5.74, 6) is 0.216. The van der Waals surface area contributed by atoms with Gasteiger partial charge in [-0.25, -0.2) is 9.97 Å². The standard InChI is InChI=1S/C17H23N5O/c1-11(2)18-17-19-12(3)10-15(21-17)16(23)20-13-6-8-14(9-7-13)22(4)5/h6-11H,1-5H3,(H,20,23)(H,18,19,21). The molecular weight excluding hydrogens is 290 g/mol. The van der Waals surface area contributed by atoms with Gasteiger partial charge in [-0.1, -0.05) is 0 Å². The summed E-state index contributed by atoms with van der Waals surface area (Å²) in [7, 11) is 3.95. The topological polar surface area (TPSA) is 70.2 Å². The van der Waals surface area contributed by atoms with Crippen molar-refractivity contribution in [2.45, 2.75) is 26.8 Å². The number of anilines is 3. The van der Waals surface area contributed by atoms with Gasteiger partial charge in [-0.3, -0.25) is 4.79 Å². The van der Waals surface area contributed by atoms with Crippen molar-refractivity contribution in [3.63, 3.8) is 0 Å². The van der Waals surface area contributed by atoms with Gasteiger partial charge in [-0.2, -0.15) is 0 Å². The molecule has 0 saturated carbocycles. The van der Waals surface area contributed by atoms with E-state index in [0.717, 1.165) is 17.1 Å². The average molecular weight is 313 g/mol. The Hall–Kier alpha value is -2.63. The summed E-state index contributed by atoms with van der Waals surface area (Å²) in [6, 6.07) is 9.52. The summed E-state index contributed by atoms with van der Waals surface area (Å²) >= 11 is 0. The van der Waals surface area contributed by atoms with E-state index in [-0.39, 0.29) is 11.9 Å². The minimum absolute atomic E-state index is 0.200. The smallest absolute Gasteiger partial charge is 0.274 e. The van der Waals surface area contributed by atoms with Gasteiger partial charge in [0.2, 0.25) is 5.95 Å². The molecule has 0 atom stereocenters. The highest BCUT2D eigenvalue weighted by atomic mass is 16.1. The molecule has 1 amide bonds. The van der Waals surface area contributed by atoms with Crippen LogP contribution in [0.25, 0.3) is 0 Å². The SMILES string of the molecule is Cc1cc(C(=O)Nc2ccc(N(C)C)cc2)nc(NC(C)C)n1. The quantitative estimate of drug-likeness (QED) is 0.888. The highest BCUT2D eigenvalue weighted by molar-refractivity contribution is 6.03. The molecular formula is C17H23N5O. The summed E-state index contributed by atoms with van der Waals surface area (Å²) in [4.78, 5) is 22.9. The molecule has 1 heterocycles. The lowest BCUT2D eigenvalue weighted by Gasteiger charge is -2.13. The van der Waals surface area contributed by atoms with Crippen molar-refractivity contribution in [1.29, 1.82) is 0 Å². The zero-order valence-corrected chi connectivity index (χ0v) is 14.2. The Labute approximate surface area is 137 Å². The van der Waals surface area contributed by atoms with Gasteiger partial charge in [0.15, 0.2) is 0 Å².